The lowest BCUT2D eigenvalue weighted by Gasteiger charge is -2.14. The number of nitrogens with one attached hydrogen (secondary N) is 2. The molecule has 2 aromatic rings. The molecule has 24 heavy (non-hydrogen) atoms. The summed E-state index contributed by atoms with van der Waals surface area (Å²) in [6.45, 7) is 1.98. The molecule has 0 aliphatic heterocycles. The number of benzene rings is 1. The van der Waals surface area contributed by atoms with E-state index in [4.69, 9.17) is 5.11 Å². The van der Waals surface area contributed by atoms with E-state index >= 15 is 0 Å². The van der Waals surface area contributed by atoms with E-state index in [0.717, 1.165) is 5.56 Å². The number of carbonyl (C=O) groups is 2. The largest absolute Gasteiger partial charge is 0.395 e. The van der Waals surface area contributed by atoms with E-state index in [0.29, 0.717) is 11.3 Å². The fourth-order valence-electron chi connectivity index (χ4n) is 2.33. The smallest absolute Gasteiger partial charge is 0.269 e. The Morgan fingerprint density at radius 1 is 1.17 bits per heavy atom. The maximum absolute atomic E-state index is 12.2. The van der Waals surface area contributed by atoms with E-state index in [2.05, 4.69) is 15.6 Å². The monoisotopic (exact) mass is 327 g/mol. The number of rotatable bonds is 6. The molecule has 0 saturated carbocycles. The summed E-state index contributed by atoms with van der Waals surface area (Å²) < 4.78 is 0. The minimum atomic E-state index is -0.353. The van der Waals surface area contributed by atoms with Crippen LogP contribution in [0.1, 0.15) is 44.9 Å². The molecule has 0 spiro atoms. The number of carbonyl (C=O) groups excluding carboxylic acids is 2. The maximum Gasteiger partial charge on any atom is 0.269 e. The van der Waals surface area contributed by atoms with Crippen molar-refractivity contribution in [2.75, 3.05) is 20.2 Å². The molecule has 1 aromatic carbocycles. The van der Waals surface area contributed by atoms with Gasteiger partial charge in [-0.2, -0.15) is 0 Å². The third-order valence-electron chi connectivity index (χ3n) is 3.71. The Kier molecular flexibility index (Phi) is 6.03. The second-order valence-corrected chi connectivity index (χ2v) is 5.36. The highest BCUT2D eigenvalue weighted by atomic mass is 16.3. The highest BCUT2D eigenvalue weighted by Gasteiger charge is 2.17. The Labute approximate surface area is 140 Å². The van der Waals surface area contributed by atoms with Crippen molar-refractivity contribution in [1.29, 1.82) is 0 Å². The first-order chi connectivity index (χ1) is 11.6. The highest BCUT2D eigenvalue weighted by molar-refractivity contribution is 5.98. The van der Waals surface area contributed by atoms with Crippen LogP contribution in [0.4, 0.5) is 0 Å². The summed E-state index contributed by atoms with van der Waals surface area (Å²) in [6.07, 6.45) is 0. The minimum Gasteiger partial charge on any atom is -0.395 e. The van der Waals surface area contributed by atoms with Gasteiger partial charge in [0.05, 0.1) is 6.61 Å². The van der Waals surface area contributed by atoms with Crippen LogP contribution in [0.3, 0.4) is 0 Å². The van der Waals surface area contributed by atoms with Crippen LogP contribution in [0.5, 0.6) is 0 Å². The molecule has 6 heteroatoms. The number of amides is 2. The molecule has 1 heterocycles. The summed E-state index contributed by atoms with van der Waals surface area (Å²) in [5.74, 6) is -0.772. The van der Waals surface area contributed by atoms with E-state index in [1.165, 1.54) is 13.1 Å². The van der Waals surface area contributed by atoms with Gasteiger partial charge in [-0.3, -0.25) is 9.59 Å². The molecule has 0 bridgehead atoms. The molecular formula is C18H21N3O3. The number of aliphatic hydroxyl groups excluding tert-OH is 1. The zero-order chi connectivity index (χ0) is 17.5. The quantitative estimate of drug-likeness (QED) is 0.746. The fourth-order valence-corrected chi connectivity index (χ4v) is 2.33. The molecule has 1 atom stereocenters. The van der Waals surface area contributed by atoms with Gasteiger partial charge in [0.25, 0.3) is 11.8 Å². The third kappa shape index (κ3) is 4.17. The van der Waals surface area contributed by atoms with Crippen LogP contribution in [-0.2, 0) is 0 Å². The van der Waals surface area contributed by atoms with Crippen LogP contribution >= 0.6 is 0 Å². The fraction of sp³-hybridized carbons (Fsp3) is 0.278. The second kappa shape index (κ2) is 8.21. The summed E-state index contributed by atoms with van der Waals surface area (Å²) in [5.41, 5.74) is 2.21. The molecule has 6 nitrogen and oxygen atoms in total. The van der Waals surface area contributed by atoms with Crippen LogP contribution in [0.15, 0.2) is 42.5 Å². The number of hydrogen-bond acceptors (Lipinski definition) is 4. The molecule has 2 rings (SSSR count). The van der Waals surface area contributed by atoms with Crippen LogP contribution in [0, 0.1) is 0 Å². The summed E-state index contributed by atoms with van der Waals surface area (Å²) in [7, 11) is 1.52. The lowest BCUT2D eigenvalue weighted by atomic mass is 9.96. The van der Waals surface area contributed by atoms with E-state index in [-0.39, 0.29) is 36.6 Å². The van der Waals surface area contributed by atoms with Gasteiger partial charge >= 0.3 is 0 Å². The van der Waals surface area contributed by atoms with Crippen molar-refractivity contribution < 1.29 is 14.7 Å². The van der Waals surface area contributed by atoms with Gasteiger partial charge in [-0.05, 0) is 17.7 Å². The van der Waals surface area contributed by atoms with Crippen LogP contribution < -0.4 is 10.6 Å². The van der Waals surface area contributed by atoms with Gasteiger partial charge < -0.3 is 15.7 Å². The van der Waals surface area contributed by atoms with E-state index in [1.807, 2.05) is 37.3 Å². The van der Waals surface area contributed by atoms with Crippen molar-refractivity contribution in [2.45, 2.75) is 12.8 Å². The van der Waals surface area contributed by atoms with Crippen molar-refractivity contribution in [3.05, 3.63) is 65.0 Å². The number of hydrogen-bond donors (Lipinski definition) is 3. The Bertz CT molecular complexity index is 717. The van der Waals surface area contributed by atoms with Gasteiger partial charge in [0, 0.05) is 30.8 Å². The van der Waals surface area contributed by atoms with Gasteiger partial charge in [0.2, 0.25) is 0 Å². The molecule has 1 aromatic heterocycles. The zero-order valence-corrected chi connectivity index (χ0v) is 13.7. The first-order valence-electron chi connectivity index (χ1n) is 7.75. The Balaban J connectivity index is 2.42. The third-order valence-corrected chi connectivity index (χ3v) is 3.71. The second-order valence-electron chi connectivity index (χ2n) is 5.36. The molecule has 0 aliphatic carbocycles. The minimum absolute atomic E-state index is 0.0693. The Morgan fingerprint density at radius 3 is 2.50 bits per heavy atom. The van der Waals surface area contributed by atoms with Crippen molar-refractivity contribution in [3.63, 3.8) is 0 Å². The molecule has 126 valence electrons. The molecule has 2 amide bonds. The summed E-state index contributed by atoms with van der Waals surface area (Å²) in [6, 6.07) is 12.9. The number of aliphatic hydroxyl groups is 1. The summed E-state index contributed by atoms with van der Waals surface area (Å²) in [4.78, 5) is 28.6. The van der Waals surface area contributed by atoms with Gasteiger partial charge in [-0.1, -0.05) is 37.3 Å². The normalized spacial score (nSPS) is 11.6. The van der Waals surface area contributed by atoms with Gasteiger partial charge in [-0.15, -0.1) is 0 Å². The van der Waals surface area contributed by atoms with Crippen molar-refractivity contribution in [1.82, 2.24) is 15.6 Å². The number of aromatic nitrogens is 1. The summed E-state index contributed by atoms with van der Waals surface area (Å²) >= 11 is 0. The van der Waals surface area contributed by atoms with E-state index < -0.39 is 0 Å². The molecule has 0 aliphatic rings. The van der Waals surface area contributed by atoms with Gasteiger partial charge in [0.15, 0.2) is 0 Å². The first-order valence-corrected chi connectivity index (χ1v) is 7.75. The Morgan fingerprint density at radius 2 is 1.88 bits per heavy atom. The Hall–Kier alpha value is -2.73. The molecule has 0 saturated heterocycles. The average molecular weight is 327 g/mol. The van der Waals surface area contributed by atoms with E-state index in [1.54, 1.807) is 6.07 Å². The topological polar surface area (TPSA) is 91.3 Å². The molecular weight excluding hydrogens is 306 g/mol. The lowest BCUT2D eigenvalue weighted by Crippen LogP contribution is -2.28. The molecule has 0 fully saturated rings. The van der Waals surface area contributed by atoms with Crippen molar-refractivity contribution in [2.24, 2.45) is 0 Å². The van der Waals surface area contributed by atoms with Gasteiger partial charge in [0.1, 0.15) is 5.69 Å². The van der Waals surface area contributed by atoms with Gasteiger partial charge in [-0.25, -0.2) is 4.98 Å². The zero-order valence-electron chi connectivity index (χ0n) is 13.7. The molecule has 1 unspecified atom stereocenters. The van der Waals surface area contributed by atoms with Crippen LogP contribution in [0.2, 0.25) is 0 Å². The molecule has 3 N–H and O–H groups in total. The maximum atomic E-state index is 12.2. The van der Waals surface area contributed by atoms with Crippen molar-refractivity contribution >= 4 is 11.8 Å². The predicted octanol–water partition coefficient (Wildman–Crippen LogP) is 1.32. The summed E-state index contributed by atoms with van der Waals surface area (Å²) in [5, 5.41) is 14.0. The SMILES string of the molecule is CNC(=O)c1cc(C(=O)NCCO)cc(C(C)c2ccccc2)n1. The van der Waals surface area contributed by atoms with Crippen molar-refractivity contribution in [3.8, 4) is 0 Å². The predicted molar refractivity (Wildman–Crippen MR) is 91.0 cm³/mol. The van der Waals surface area contributed by atoms with E-state index in [9.17, 15) is 9.59 Å². The average Bonchev–Trinajstić information content (AvgIpc) is 2.65. The first kappa shape index (κ1) is 17.6. The number of pyridine rings is 1. The standard InChI is InChI=1S/C18H21N3O3/c1-12(13-6-4-3-5-7-13)15-10-14(17(23)20-8-9-22)11-16(21-15)18(24)19-2/h3-7,10-12,22H,8-9H2,1-2H3,(H,19,24)(H,20,23). The van der Waals surface area contributed by atoms with Crippen LogP contribution in [0.25, 0.3) is 0 Å². The molecule has 0 radical (unpaired) electrons. The lowest BCUT2D eigenvalue weighted by molar-refractivity contribution is 0.0944. The highest BCUT2D eigenvalue weighted by Crippen LogP contribution is 2.23. The van der Waals surface area contributed by atoms with Crippen LogP contribution in [-0.4, -0.2) is 42.1 Å². The number of nitrogens with zero attached hydrogens (tertiary/aromatic N) is 1.